The van der Waals surface area contributed by atoms with E-state index in [0.29, 0.717) is 17.9 Å². The zero-order chi connectivity index (χ0) is 12.8. The molecule has 0 radical (unpaired) electrons. The van der Waals surface area contributed by atoms with E-state index in [2.05, 4.69) is 0 Å². The van der Waals surface area contributed by atoms with Gasteiger partial charge in [-0.1, -0.05) is 0 Å². The second-order valence-electron chi connectivity index (χ2n) is 3.78. The van der Waals surface area contributed by atoms with Crippen molar-refractivity contribution in [2.45, 2.75) is 13.0 Å². The number of carbonyl (C=O) groups is 1. The third kappa shape index (κ3) is 4.11. The van der Waals surface area contributed by atoms with Crippen molar-refractivity contribution in [3.63, 3.8) is 0 Å². The molecule has 3 nitrogen and oxygen atoms in total. The van der Waals surface area contributed by atoms with Gasteiger partial charge < -0.3 is 4.74 Å². The molecule has 0 N–H and O–H groups in total. The summed E-state index contributed by atoms with van der Waals surface area (Å²) in [7, 11) is 3.10. The van der Waals surface area contributed by atoms with Crippen LogP contribution in [0.25, 0.3) is 0 Å². The Morgan fingerprint density at radius 1 is 1.47 bits per heavy atom. The Hall–Kier alpha value is -1.49. The van der Waals surface area contributed by atoms with Crippen LogP contribution in [0.1, 0.15) is 15.9 Å². The fourth-order valence-electron chi connectivity index (χ4n) is 1.59. The molecule has 0 fully saturated rings. The lowest BCUT2D eigenvalue weighted by molar-refractivity contribution is 0.0971. The van der Waals surface area contributed by atoms with Gasteiger partial charge in [-0.2, -0.15) is 0 Å². The molecule has 0 amide bonds. The van der Waals surface area contributed by atoms with Crippen LogP contribution in [0.15, 0.2) is 18.2 Å². The first-order valence-electron chi connectivity index (χ1n) is 5.15. The number of halogens is 2. The summed E-state index contributed by atoms with van der Waals surface area (Å²) in [5.74, 6) is 0.594. The lowest BCUT2D eigenvalue weighted by Crippen LogP contribution is -2.24. The molecule has 5 heteroatoms. The smallest absolute Gasteiger partial charge is 0.251 e. The highest BCUT2D eigenvalue weighted by atomic mass is 19.3. The van der Waals surface area contributed by atoms with Crippen LogP contribution in [0.5, 0.6) is 5.75 Å². The average Bonchev–Trinajstić information content (AvgIpc) is 2.27. The third-order valence-electron chi connectivity index (χ3n) is 2.33. The maximum Gasteiger partial charge on any atom is 0.251 e. The van der Waals surface area contributed by atoms with Crippen molar-refractivity contribution in [3.05, 3.63) is 29.3 Å². The van der Waals surface area contributed by atoms with Crippen molar-refractivity contribution in [1.82, 2.24) is 4.90 Å². The molecule has 0 saturated carbocycles. The first-order valence-corrected chi connectivity index (χ1v) is 5.15. The summed E-state index contributed by atoms with van der Waals surface area (Å²) < 4.78 is 29.5. The predicted octanol–water partition coefficient (Wildman–Crippen LogP) is 2.20. The van der Waals surface area contributed by atoms with Crippen molar-refractivity contribution < 1.29 is 18.3 Å². The second-order valence-corrected chi connectivity index (χ2v) is 3.78. The maximum atomic E-state index is 12.2. The van der Waals surface area contributed by atoms with E-state index in [1.165, 1.54) is 12.0 Å². The van der Waals surface area contributed by atoms with Crippen molar-refractivity contribution in [2.75, 3.05) is 20.7 Å². The van der Waals surface area contributed by atoms with E-state index >= 15 is 0 Å². The van der Waals surface area contributed by atoms with Crippen molar-refractivity contribution in [2.24, 2.45) is 0 Å². The molecule has 0 aromatic heterocycles. The van der Waals surface area contributed by atoms with Crippen LogP contribution in [0, 0.1) is 0 Å². The topological polar surface area (TPSA) is 29.5 Å². The normalized spacial score (nSPS) is 10.9. The van der Waals surface area contributed by atoms with Crippen molar-refractivity contribution >= 4 is 6.29 Å². The molecular weight excluding hydrogens is 228 g/mol. The molecule has 0 aliphatic carbocycles. The molecule has 0 atom stereocenters. The van der Waals surface area contributed by atoms with E-state index in [1.54, 1.807) is 25.2 Å². The van der Waals surface area contributed by atoms with E-state index in [9.17, 15) is 13.6 Å². The van der Waals surface area contributed by atoms with Crippen LogP contribution in [-0.2, 0) is 6.54 Å². The fraction of sp³-hybridized carbons (Fsp3) is 0.417. The number of ether oxygens (including phenoxy) is 1. The van der Waals surface area contributed by atoms with Gasteiger partial charge in [0.05, 0.1) is 13.7 Å². The SMILES string of the molecule is COc1ccc(C=O)cc1CN(C)CC(F)F. The zero-order valence-corrected chi connectivity index (χ0v) is 9.82. The molecule has 17 heavy (non-hydrogen) atoms. The third-order valence-corrected chi connectivity index (χ3v) is 2.33. The summed E-state index contributed by atoms with van der Waals surface area (Å²) >= 11 is 0. The van der Waals surface area contributed by atoms with Gasteiger partial charge in [0.25, 0.3) is 6.43 Å². The fourth-order valence-corrected chi connectivity index (χ4v) is 1.59. The number of hydrogen-bond acceptors (Lipinski definition) is 3. The van der Waals surface area contributed by atoms with Gasteiger partial charge in [0.15, 0.2) is 0 Å². The number of methoxy groups -OCH3 is 1. The van der Waals surface area contributed by atoms with Crippen molar-refractivity contribution in [3.8, 4) is 5.75 Å². The van der Waals surface area contributed by atoms with Gasteiger partial charge in [0.2, 0.25) is 0 Å². The monoisotopic (exact) mass is 243 g/mol. The summed E-state index contributed by atoms with van der Waals surface area (Å²) in [4.78, 5) is 12.1. The number of aldehydes is 1. The molecule has 1 aromatic carbocycles. The van der Waals surface area contributed by atoms with Crippen LogP contribution in [0.4, 0.5) is 8.78 Å². The van der Waals surface area contributed by atoms with Gasteiger partial charge in [0.1, 0.15) is 12.0 Å². The lowest BCUT2D eigenvalue weighted by atomic mass is 10.1. The van der Waals surface area contributed by atoms with E-state index in [4.69, 9.17) is 4.74 Å². The van der Waals surface area contributed by atoms with Crippen LogP contribution in [-0.4, -0.2) is 38.3 Å². The number of carbonyl (C=O) groups excluding carboxylic acids is 1. The summed E-state index contributed by atoms with van der Waals surface area (Å²) in [6.07, 6.45) is -1.66. The first kappa shape index (κ1) is 13.6. The van der Waals surface area contributed by atoms with Gasteiger partial charge in [-0.05, 0) is 25.2 Å². The number of benzene rings is 1. The Balaban J connectivity index is 2.83. The predicted molar refractivity (Wildman–Crippen MR) is 60.7 cm³/mol. The number of hydrogen-bond donors (Lipinski definition) is 0. The quantitative estimate of drug-likeness (QED) is 0.717. The molecule has 0 unspecified atom stereocenters. The minimum atomic E-state index is -2.37. The highest BCUT2D eigenvalue weighted by Gasteiger charge is 2.11. The standard InChI is InChI=1S/C12H15F2NO2/c1-15(7-12(13)14)6-10-5-9(8-16)3-4-11(10)17-2/h3-5,8,12H,6-7H2,1-2H3. The molecule has 0 spiro atoms. The highest BCUT2D eigenvalue weighted by molar-refractivity contribution is 5.75. The number of nitrogens with zero attached hydrogens (tertiary/aromatic N) is 1. The van der Waals surface area contributed by atoms with Gasteiger partial charge in [0, 0.05) is 17.7 Å². The van der Waals surface area contributed by atoms with Crippen LogP contribution < -0.4 is 4.74 Å². The summed E-state index contributed by atoms with van der Waals surface area (Å²) in [5, 5.41) is 0. The van der Waals surface area contributed by atoms with Gasteiger partial charge in [-0.25, -0.2) is 8.78 Å². The Morgan fingerprint density at radius 2 is 2.18 bits per heavy atom. The van der Waals surface area contributed by atoms with E-state index in [0.717, 1.165) is 11.8 Å². The maximum absolute atomic E-state index is 12.2. The Kier molecular flexibility index (Phi) is 5.03. The van der Waals surface area contributed by atoms with E-state index < -0.39 is 6.43 Å². The second kappa shape index (κ2) is 6.30. The Morgan fingerprint density at radius 3 is 2.71 bits per heavy atom. The average molecular weight is 243 g/mol. The molecule has 1 rings (SSSR count). The van der Waals surface area contributed by atoms with E-state index in [-0.39, 0.29) is 6.54 Å². The highest BCUT2D eigenvalue weighted by Crippen LogP contribution is 2.20. The lowest BCUT2D eigenvalue weighted by Gasteiger charge is -2.18. The molecule has 0 heterocycles. The van der Waals surface area contributed by atoms with Crippen molar-refractivity contribution in [1.29, 1.82) is 0 Å². The molecular formula is C12H15F2NO2. The molecule has 0 bridgehead atoms. The van der Waals surface area contributed by atoms with Gasteiger partial charge in [-0.3, -0.25) is 9.69 Å². The molecule has 0 saturated heterocycles. The molecule has 0 aliphatic heterocycles. The summed E-state index contributed by atoms with van der Waals surface area (Å²) in [6, 6.07) is 4.94. The van der Waals surface area contributed by atoms with Crippen LogP contribution in [0.2, 0.25) is 0 Å². The Labute approximate surface area is 99.0 Å². The minimum Gasteiger partial charge on any atom is -0.496 e. The first-order chi connectivity index (χ1) is 8.06. The van der Waals surface area contributed by atoms with Crippen LogP contribution in [0.3, 0.4) is 0 Å². The Bertz CT molecular complexity index is 383. The molecule has 1 aromatic rings. The van der Waals surface area contributed by atoms with Gasteiger partial charge in [-0.15, -0.1) is 0 Å². The van der Waals surface area contributed by atoms with Crippen LogP contribution >= 0.6 is 0 Å². The number of rotatable bonds is 6. The summed E-state index contributed by atoms with van der Waals surface area (Å²) in [5.41, 5.74) is 1.23. The molecule has 0 aliphatic rings. The number of alkyl halides is 2. The largest absolute Gasteiger partial charge is 0.496 e. The zero-order valence-electron chi connectivity index (χ0n) is 9.82. The molecule has 94 valence electrons. The van der Waals surface area contributed by atoms with E-state index in [1.807, 2.05) is 0 Å². The summed E-state index contributed by atoms with van der Waals surface area (Å²) in [6.45, 7) is 0.00364. The van der Waals surface area contributed by atoms with Gasteiger partial charge >= 0.3 is 0 Å². The minimum absolute atomic E-state index is 0.311.